The molecule has 2 nitrogen and oxygen atoms in total. The van der Waals surface area contributed by atoms with E-state index in [-0.39, 0.29) is 0 Å². The Kier molecular flexibility index (Phi) is 8.87. The van der Waals surface area contributed by atoms with Crippen molar-refractivity contribution >= 4 is 49.6 Å². The van der Waals surface area contributed by atoms with Crippen LogP contribution in [-0.2, 0) is 0 Å². The van der Waals surface area contributed by atoms with Gasteiger partial charge in [-0.15, -0.1) is 0 Å². The van der Waals surface area contributed by atoms with Gasteiger partial charge in [0.1, 0.15) is 0 Å². The summed E-state index contributed by atoms with van der Waals surface area (Å²) in [5.41, 5.74) is 16.5. The quantitative estimate of drug-likeness (QED) is 0.150. The van der Waals surface area contributed by atoms with Crippen molar-refractivity contribution in [3.63, 3.8) is 0 Å². The van der Waals surface area contributed by atoms with Crippen LogP contribution in [0.1, 0.15) is 0 Å². The Hall–Kier alpha value is -7.94. The molecule has 0 N–H and O–H groups in total. The lowest BCUT2D eigenvalue weighted by Gasteiger charge is -2.27. The third-order valence-corrected chi connectivity index (χ3v) is 11.8. The number of nitrogens with zero attached hydrogens (tertiary/aromatic N) is 2. The van der Waals surface area contributed by atoms with Crippen LogP contribution in [0.3, 0.4) is 0 Å². The number of rotatable bonds is 8. The van der Waals surface area contributed by atoms with E-state index in [1.54, 1.807) is 0 Å². The summed E-state index contributed by atoms with van der Waals surface area (Å²) in [6.07, 6.45) is 0. The molecule has 0 spiro atoms. The van der Waals surface area contributed by atoms with Crippen molar-refractivity contribution in [1.29, 1.82) is 0 Å². The van der Waals surface area contributed by atoms with Gasteiger partial charge in [0, 0.05) is 33.2 Å². The van der Waals surface area contributed by atoms with E-state index in [0.717, 1.165) is 28.3 Å². The van der Waals surface area contributed by atoms with Crippen molar-refractivity contribution in [3.8, 4) is 50.2 Å². The number of aromatic nitrogens is 1. The first kappa shape index (κ1) is 35.2. The highest BCUT2D eigenvalue weighted by molar-refractivity contribution is 6.16. The summed E-state index contributed by atoms with van der Waals surface area (Å²) in [5.74, 6) is 0. The average Bonchev–Trinajstić information content (AvgIpc) is 3.67. The van der Waals surface area contributed by atoms with E-state index in [1.165, 1.54) is 71.5 Å². The highest BCUT2D eigenvalue weighted by atomic mass is 15.1. The molecule has 0 radical (unpaired) electrons. The Morgan fingerprint density at radius 1 is 0.300 bits per heavy atom. The number of anilines is 3. The van der Waals surface area contributed by atoms with Crippen LogP contribution in [-0.4, -0.2) is 4.57 Å². The van der Waals surface area contributed by atoms with Gasteiger partial charge in [-0.25, -0.2) is 0 Å². The zero-order valence-electron chi connectivity index (χ0n) is 33.0. The van der Waals surface area contributed by atoms with Gasteiger partial charge in [0.2, 0.25) is 0 Å². The van der Waals surface area contributed by atoms with Crippen LogP contribution < -0.4 is 4.90 Å². The van der Waals surface area contributed by atoms with Crippen molar-refractivity contribution < 1.29 is 0 Å². The maximum atomic E-state index is 2.40. The molecule has 60 heavy (non-hydrogen) atoms. The maximum absolute atomic E-state index is 2.40. The Morgan fingerprint density at radius 2 is 0.817 bits per heavy atom. The van der Waals surface area contributed by atoms with Gasteiger partial charge in [-0.2, -0.15) is 0 Å². The molecule has 2 heteroatoms. The van der Waals surface area contributed by atoms with Gasteiger partial charge in [0.05, 0.1) is 16.7 Å². The van der Waals surface area contributed by atoms with E-state index in [1.807, 2.05) is 0 Å². The smallest absolute Gasteiger partial charge is 0.0547 e. The van der Waals surface area contributed by atoms with Crippen LogP contribution in [0.15, 0.2) is 243 Å². The minimum Gasteiger partial charge on any atom is -0.310 e. The maximum Gasteiger partial charge on any atom is 0.0547 e. The number of benzene rings is 10. The lowest BCUT2D eigenvalue weighted by Crippen LogP contribution is -2.10. The summed E-state index contributed by atoms with van der Waals surface area (Å²) >= 11 is 0. The summed E-state index contributed by atoms with van der Waals surface area (Å²) in [4.78, 5) is 2.40. The van der Waals surface area contributed by atoms with Gasteiger partial charge in [0.25, 0.3) is 0 Å². The molecule has 0 fully saturated rings. The molecular weight excluding hydrogens is 725 g/mol. The van der Waals surface area contributed by atoms with Gasteiger partial charge in [-0.3, -0.25) is 0 Å². The number of fused-ring (bicyclic) bond motifs is 4. The average molecular weight is 765 g/mol. The Labute approximate surface area is 350 Å². The molecule has 10 aromatic carbocycles. The molecule has 0 atom stereocenters. The summed E-state index contributed by atoms with van der Waals surface area (Å²) in [6.45, 7) is 0. The third kappa shape index (κ3) is 6.32. The van der Waals surface area contributed by atoms with Gasteiger partial charge < -0.3 is 9.47 Å². The topological polar surface area (TPSA) is 8.17 Å². The first-order chi connectivity index (χ1) is 29.8. The van der Waals surface area contributed by atoms with Crippen LogP contribution in [0.2, 0.25) is 0 Å². The van der Waals surface area contributed by atoms with Gasteiger partial charge >= 0.3 is 0 Å². The molecular formula is C58H40N2. The fourth-order valence-corrected chi connectivity index (χ4v) is 8.95. The summed E-state index contributed by atoms with van der Waals surface area (Å²) in [5, 5.41) is 4.93. The zero-order valence-corrected chi connectivity index (χ0v) is 33.0. The number of hydrogen-bond acceptors (Lipinski definition) is 1. The lowest BCUT2D eigenvalue weighted by molar-refractivity contribution is 1.18. The monoisotopic (exact) mass is 764 g/mol. The van der Waals surface area contributed by atoms with Gasteiger partial charge in [-0.1, -0.05) is 176 Å². The molecule has 282 valence electrons. The SMILES string of the molecule is c1ccc(-c2cccc(-c3ccc(N(c4cccc(-c5cccc(-c6cccc7c6c6ccccc6n7-c6ccccc6)c5)c4)c4cccc5ccccc45)cc3)c2)cc1. The van der Waals surface area contributed by atoms with Crippen LogP contribution >= 0.6 is 0 Å². The molecule has 0 amide bonds. The van der Waals surface area contributed by atoms with Crippen molar-refractivity contribution in [2.75, 3.05) is 4.90 Å². The van der Waals surface area contributed by atoms with E-state index in [2.05, 4.69) is 252 Å². The fraction of sp³-hybridized carbons (Fsp3) is 0. The second-order valence-electron chi connectivity index (χ2n) is 15.3. The number of hydrogen-bond donors (Lipinski definition) is 0. The van der Waals surface area contributed by atoms with Crippen molar-refractivity contribution in [1.82, 2.24) is 4.57 Å². The zero-order chi connectivity index (χ0) is 39.8. The highest BCUT2D eigenvalue weighted by Gasteiger charge is 2.19. The summed E-state index contributed by atoms with van der Waals surface area (Å²) < 4.78 is 2.39. The number of para-hydroxylation sites is 2. The molecule has 11 rings (SSSR count). The largest absolute Gasteiger partial charge is 0.310 e. The van der Waals surface area contributed by atoms with Crippen molar-refractivity contribution in [2.24, 2.45) is 0 Å². The molecule has 1 heterocycles. The minimum absolute atomic E-state index is 1.10. The fourth-order valence-electron chi connectivity index (χ4n) is 8.95. The predicted octanol–water partition coefficient (Wildman–Crippen LogP) is 16.1. The minimum atomic E-state index is 1.10. The first-order valence-electron chi connectivity index (χ1n) is 20.6. The second-order valence-corrected chi connectivity index (χ2v) is 15.3. The molecule has 0 aliphatic carbocycles. The van der Waals surface area contributed by atoms with E-state index in [9.17, 15) is 0 Å². The normalized spacial score (nSPS) is 11.3. The van der Waals surface area contributed by atoms with Crippen molar-refractivity contribution in [2.45, 2.75) is 0 Å². The molecule has 0 bridgehead atoms. The van der Waals surface area contributed by atoms with Crippen LogP contribution in [0, 0.1) is 0 Å². The Morgan fingerprint density at radius 3 is 1.60 bits per heavy atom. The predicted molar refractivity (Wildman–Crippen MR) is 255 cm³/mol. The molecule has 0 saturated heterocycles. The van der Waals surface area contributed by atoms with Crippen molar-refractivity contribution in [3.05, 3.63) is 243 Å². The first-order valence-corrected chi connectivity index (χ1v) is 20.6. The van der Waals surface area contributed by atoms with E-state index < -0.39 is 0 Å². The standard InChI is InChI=1S/C58H40N2/c1-3-16-41(17-4-1)44-20-11-21-45(38-44)42-34-36-50(37-35-42)59(55-32-14-19-43-18-7-8-28-52(43)55)51-27-13-23-47(40-51)46-22-12-24-48(39-46)53-30-15-33-57-58(53)54-29-9-10-31-56(54)60(57)49-25-5-2-6-26-49/h1-40H. The van der Waals surface area contributed by atoms with Gasteiger partial charge in [0.15, 0.2) is 0 Å². The van der Waals surface area contributed by atoms with Crippen LogP contribution in [0.4, 0.5) is 17.1 Å². The molecule has 0 aliphatic heterocycles. The third-order valence-electron chi connectivity index (χ3n) is 11.8. The van der Waals surface area contributed by atoms with E-state index >= 15 is 0 Å². The van der Waals surface area contributed by atoms with E-state index in [0.29, 0.717) is 0 Å². The molecule has 1 aromatic heterocycles. The Balaban J connectivity index is 1.01. The lowest BCUT2D eigenvalue weighted by atomic mass is 9.95. The molecule has 0 aliphatic rings. The van der Waals surface area contributed by atoms with Crippen LogP contribution in [0.25, 0.3) is 82.8 Å². The van der Waals surface area contributed by atoms with Crippen LogP contribution in [0.5, 0.6) is 0 Å². The van der Waals surface area contributed by atoms with Gasteiger partial charge in [-0.05, 0) is 117 Å². The molecule has 0 unspecified atom stereocenters. The summed E-state index contributed by atoms with van der Waals surface area (Å²) in [7, 11) is 0. The highest BCUT2D eigenvalue weighted by Crippen LogP contribution is 2.43. The molecule has 11 aromatic rings. The van der Waals surface area contributed by atoms with E-state index in [4.69, 9.17) is 0 Å². The summed E-state index contributed by atoms with van der Waals surface area (Å²) in [6, 6.07) is 87.8. The molecule has 0 saturated carbocycles. The Bertz CT molecular complexity index is 3300. The second kappa shape index (κ2) is 15.1.